The monoisotopic (exact) mass is 343 g/mol. The van der Waals surface area contributed by atoms with Gasteiger partial charge in [-0.15, -0.1) is 0 Å². The fourth-order valence-electron chi connectivity index (χ4n) is 2.71. The van der Waals surface area contributed by atoms with Crippen LogP contribution in [-0.4, -0.2) is 30.7 Å². The lowest BCUT2D eigenvalue weighted by atomic mass is 10.1. The third-order valence-corrected chi connectivity index (χ3v) is 3.54. The van der Waals surface area contributed by atoms with Crippen LogP contribution in [0.1, 0.15) is 55.3 Å². The van der Waals surface area contributed by atoms with Gasteiger partial charge in [0.1, 0.15) is 0 Å². The number of rotatable bonds is 5. The Hall–Kier alpha value is -2.56. The Labute approximate surface area is 148 Å². The number of anilines is 1. The van der Waals surface area contributed by atoms with Crippen molar-refractivity contribution in [1.29, 1.82) is 0 Å². The summed E-state index contributed by atoms with van der Waals surface area (Å²) in [6.45, 7) is 9.93. The van der Waals surface area contributed by atoms with Crippen molar-refractivity contribution in [1.82, 2.24) is 0 Å². The first-order chi connectivity index (χ1) is 11.8. The number of carbonyl (C=O) groups is 2. The molecule has 0 bridgehead atoms. The maximum atomic E-state index is 12.6. The molecule has 2 rings (SSSR count). The molecule has 0 amide bonds. The lowest BCUT2D eigenvalue weighted by molar-refractivity contribution is 0.0525. The molecular weight excluding hydrogens is 318 g/mol. The van der Waals surface area contributed by atoms with E-state index in [9.17, 15) is 9.59 Å². The van der Waals surface area contributed by atoms with Crippen LogP contribution in [0.5, 0.6) is 0 Å². The minimum Gasteiger partial charge on any atom is -0.462 e. The van der Waals surface area contributed by atoms with Gasteiger partial charge in [0.05, 0.1) is 30.0 Å². The van der Waals surface area contributed by atoms with Crippen molar-refractivity contribution in [3.8, 4) is 11.1 Å². The fourth-order valence-corrected chi connectivity index (χ4v) is 2.71. The van der Waals surface area contributed by atoms with E-state index in [-0.39, 0.29) is 18.8 Å². The van der Waals surface area contributed by atoms with E-state index in [1.807, 2.05) is 51.1 Å². The molecule has 0 fully saturated rings. The predicted molar refractivity (Wildman–Crippen MR) is 98.4 cm³/mol. The summed E-state index contributed by atoms with van der Waals surface area (Å²) >= 11 is 0. The number of fused-ring (bicyclic) bond motifs is 1. The van der Waals surface area contributed by atoms with Crippen LogP contribution in [0.25, 0.3) is 11.1 Å². The van der Waals surface area contributed by atoms with Gasteiger partial charge in [-0.25, -0.2) is 9.59 Å². The summed E-state index contributed by atoms with van der Waals surface area (Å²) in [6.07, 6.45) is 0. The molecule has 0 heterocycles. The highest BCUT2D eigenvalue weighted by atomic mass is 16.5. The van der Waals surface area contributed by atoms with Crippen LogP contribution < -0.4 is 5.32 Å². The summed E-state index contributed by atoms with van der Waals surface area (Å²) in [5.74, 6) is -0.915. The maximum absolute atomic E-state index is 12.6. The molecule has 5 heteroatoms. The number of carbonyl (C=O) groups excluding carboxylic acids is 2. The van der Waals surface area contributed by atoms with Crippen LogP contribution in [0.2, 0.25) is 0 Å². The van der Waals surface area contributed by atoms with E-state index in [2.05, 4.69) is 5.32 Å². The number of nitrogens with one attached hydrogen (secondary N) is 1. The first-order valence-electron chi connectivity index (χ1n) is 8.47. The van der Waals surface area contributed by atoms with Crippen molar-refractivity contribution in [2.75, 3.05) is 18.5 Å². The minimum atomic E-state index is -0.457. The standard InChI is InChI=1S/C20H25NO4/c1-6-24-18(22)15-13-11-9-8-10-12-14(13)16(19(23)25-7-2)17(15)21-20(3,4)5/h8-12,21H,6-7H2,1-5H3. The van der Waals surface area contributed by atoms with E-state index < -0.39 is 11.9 Å². The Morgan fingerprint density at radius 3 is 1.68 bits per heavy atom. The molecule has 0 atom stereocenters. The Morgan fingerprint density at radius 2 is 1.32 bits per heavy atom. The summed E-state index contributed by atoms with van der Waals surface area (Å²) in [5, 5.41) is 3.29. The molecule has 0 saturated heterocycles. The Morgan fingerprint density at radius 1 is 0.880 bits per heavy atom. The van der Waals surface area contributed by atoms with E-state index in [0.29, 0.717) is 27.9 Å². The van der Waals surface area contributed by atoms with Gasteiger partial charge in [-0.3, -0.25) is 0 Å². The lowest BCUT2D eigenvalue weighted by Crippen LogP contribution is -2.28. The van der Waals surface area contributed by atoms with Gasteiger partial charge in [0.2, 0.25) is 0 Å². The van der Waals surface area contributed by atoms with Crippen LogP contribution in [0, 0.1) is 0 Å². The highest BCUT2D eigenvalue weighted by Gasteiger charge is 2.33. The van der Waals surface area contributed by atoms with E-state index in [4.69, 9.17) is 9.47 Å². The van der Waals surface area contributed by atoms with Gasteiger partial charge in [-0.2, -0.15) is 0 Å². The molecule has 134 valence electrons. The average molecular weight is 343 g/mol. The van der Waals surface area contributed by atoms with Gasteiger partial charge in [0, 0.05) is 5.54 Å². The molecule has 0 aromatic heterocycles. The van der Waals surface area contributed by atoms with Crippen LogP contribution in [-0.2, 0) is 9.47 Å². The second-order valence-corrected chi connectivity index (χ2v) is 6.68. The van der Waals surface area contributed by atoms with E-state index in [0.717, 1.165) is 0 Å². The topological polar surface area (TPSA) is 64.6 Å². The van der Waals surface area contributed by atoms with E-state index >= 15 is 0 Å². The quantitative estimate of drug-likeness (QED) is 0.817. The molecule has 0 aliphatic heterocycles. The fraction of sp³-hybridized carbons (Fsp3) is 0.400. The van der Waals surface area contributed by atoms with Gasteiger partial charge >= 0.3 is 11.9 Å². The van der Waals surface area contributed by atoms with Crippen LogP contribution >= 0.6 is 0 Å². The third-order valence-electron chi connectivity index (χ3n) is 3.54. The van der Waals surface area contributed by atoms with E-state index in [1.165, 1.54) is 0 Å². The number of esters is 2. The van der Waals surface area contributed by atoms with Gasteiger partial charge in [0.25, 0.3) is 0 Å². The van der Waals surface area contributed by atoms with Gasteiger partial charge in [-0.1, -0.05) is 30.3 Å². The number of ether oxygens (including phenoxy) is 2. The molecule has 25 heavy (non-hydrogen) atoms. The molecule has 2 aliphatic carbocycles. The summed E-state index contributed by atoms with van der Waals surface area (Å²) in [7, 11) is 0. The SMILES string of the molecule is CCOC(=O)c1c2cccccc-2c(C(=O)OCC)c1NC(C)(C)C. The van der Waals surface area contributed by atoms with Crippen molar-refractivity contribution in [2.24, 2.45) is 0 Å². The van der Waals surface area contributed by atoms with Crippen LogP contribution in [0.4, 0.5) is 5.69 Å². The zero-order chi connectivity index (χ0) is 18.6. The second kappa shape index (κ2) is 7.55. The molecule has 0 unspecified atom stereocenters. The predicted octanol–water partition coefficient (Wildman–Crippen LogP) is 4.36. The van der Waals surface area contributed by atoms with E-state index in [1.54, 1.807) is 13.8 Å². The zero-order valence-electron chi connectivity index (χ0n) is 15.4. The summed E-state index contributed by atoms with van der Waals surface area (Å²) in [4.78, 5) is 25.3. The molecular formula is C20H25NO4. The molecule has 0 spiro atoms. The van der Waals surface area contributed by atoms with Crippen molar-refractivity contribution < 1.29 is 19.1 Å². The van der Waals surface area contributed by atoms with Gasteiger partial charge < -0.3 is 14.8 Å². The van der Waals surface area contributed by atoms with Crippen LogP contribution in [0.3, 0.4) is 0 Å². The molecule has 2 aliphatic rings. The molecule has 1 N–H and O–H groups in total. The lowest BCUT2D eigenvalue weighted by Gasteiger charge is -2.23. The zero-order valence-corrected chi connectivity index (χ0v) is 15.4. The first kappa shape index (κ1) is 18.8. The Balaban J connectivity index is 2.81. The average Bonchev–Trinajstić information content (AvgIpc) is 2.65. The van der Waals surface area contributed by atoms with Crippen molar-refractivity contribution >= 4 is 17.6 Å². The first-order valence-corrected chi connectivity index (χ1v) is 8.47. The Kier molecular flexibility index (Phi) is 5.67. The molecule has 0 aromatic carbocycles. The highest BCUT2D eigenvalue weighted by Crippen LogP contribution is 2.42. The molecule has 0 radical (unpaired) electrons. The normalized spacial score (nSPS) is 11.2. The van der Waals surface area contributed by atoms with Crippen molar-refractivity contribution in [3.05, 3.63) is 41.5 Å². The Bertz CT molecular complexity index is 693. The maximum Gasteiger partial charge on any atom is 0.340 e. The number of hydrogen-bond acceptors (Lipinski definition) is 5. The van der Waals surface area contributed by atoms with Gasteiger partial charge in [-0.05, 0) is 45.7 Å². The minimum absolute atomic E-state index is 0.258. The summed E-state index contributed by atoms with van der Waals surface area (Å²) < 4.78 is 10.5. The van der Waals surface area contributed by atoms with Crippen LogP contribution in [0.15, 0.2) is 30.3 Å². The number of hydrogen-bond donors (Lipinski definition) is 1. The largest absolute Gasteiger partial charge is 0.462 e. The summed E-state index contributed by atoms with van der Waals surface area (Å²) in [6, 6.07) is 9.15. The molecule has 0 aromatic rings. The van der Waals surface area contributed by atoms with Crippen molar-refractivity contribution in [2.45, 2.75) is 40.2 Å². The van der Waals surface area contributed by atoms with Gasteiger partial charge in [0.15, 0.2) is 0 Å². The van der Waals surface area contributed by atoms with Crippen molar-refractivity contribution in [3.63, 3.8) is 0 Å². The third kappa shape index (κ3) is 4.10. The second-order valence-electron chi connectivity index (χ2n) is 6.68. The summed E-state index contributed by atoms with van der Waals surface area (Å²) in [5.41, 5.74) is 2.17. The smallest absolute Gasteiger partial charge is 0.340 e. The molecule has 0 saturated carbocycles. The molecule has 5 nitrogen and oxygen atoms in total. The highest BCUT2D eigenvalue weighted by molar-refractivity contribution is 6.16.